The molecule has 1 aromatic carbocycles. The van der Waals surface area contributed by atoms with Crippen LogP contribution in [0, 0.1) is 6.92 Å². The lowest BCUT2D eigenvalue weighted by Crippen LogP contribution is -2.29. The predicted octanol–water partition coefficient (Wildman–Crippen LogP) is 4.53. The molecule has 4 rings (SSSR count). The maximum atomic E-state index is 13.2. The first-order valence-electron chi connectivity index (χ1n) is 10.8. The summed E-state index contributed by atoms with van der Waals surface area (Å²) >= 11 is 6.04. The molecule has 0 saturated heterocycles. The Morgan fingerprint density at radius 2 is 2.09 bits per heavy atom. The second-order valence-corrected chi connectivity index (χ2v) is 8.52. The van der Waals surface area contributed by atoms with Gasteiger partial charge in [-0.15, -0.1) is 0 Å². The fourth-order valence-electron chi connectivity index (χ4n) is 4.11. The van der Waals surface area contributed by atoms with E-state index in [0.717, 1.165) is 59.2 Å². The molecule has 9 heteroatoms. The molecule has 1 amide bonds. The summed E-state index contributed by atoms with van der Waals surface area (Å²) < 4.78 is 1.82. The number of rotatable bonds is 6. The van der Waals surface area contributed by atoms with E-state index >= 15 is 0 Å². The van der Waals surface area contributed by atoms with Crippen LogP contribution in [-0.2, 0) is 13.1 Å². The normalized spacial score (nSPS) is 16.2. The number of nitrogens with one attached hydrogen (secondary N) is 2. The van der Waals surface area contributed by atoms with Gasteiger partial charge < -0.3 is 15.8 Å². The lowest BCUT2D eigenvalue weighted by Gasteiger charge is -2.26. The third-order valence-electron chi connectivity index (χ3n) is 6.01. The van der Waals surface area contributed by atoms with Crippen molar-refractivity contribution in [3.8, 4) is 0 Å². The van der Waals surface area contributed by atoms with Crippen molar-refractivity contribution in [2.24, 2.45) is 5.16 Å². The van der Waals surface area contributed by atoms with Crippen LogP contribution in [-0.4, -0.2) is 37.6 Å². The molecule has 1 aliphatic rings. The first kappa shape index (κ1) is 22.1. The molecule has 0 radical (unpaired) electrons. The number of aromatic nitrogens is 3. The number of amides is 1. The van der Waals surface area contributed by atoms with E-state index in [9.17, 15) is 4.79 Å². The van der Waals surface area contributed by atoms with Gasteiger partial charge in [-0.25, -0.2) is 9.67 Å². The summed E-state index contributed by atoms with van der Waals surface area (Å²) in [6, 6.07) is 5.80. The molecule has 0 spiro atoms. The van der Waals surface area contributed by atoms with E-state index in [4.69, 9.17) is 16.8 Å². The summed E-state index contributed by atoms with van der Waals surface area (Å²) in [6.07, 6.45) is 6.50. The number of halogens is 1. The molecular weight excluding hydrogens is 428 g/mol. The van der Waals surface area contributed by atoms with E-state index in [2.05, 4.69) is 25.9 Å². The number of hydrogen-bond acceptors (Lipinski definition) is 6. The molecule has 2 heterocycles. The molecule has 1 saturated carbocycles. The number of carbonyl (C=O) groups excluding carboxylic acids is 1. The van der Waals surface area contributed by atoms with Gasteiger partial charge in [-0.1, -0.05) is 22.8 Å². The van der Waals surface area contributed by atoms with Gasteiger partial charge in [0.2, 0.25) is 0 Å². The smallest absolute Gasteiger partial charge is 0.255 e. The molecule has 32 heavy (non-hydrogen) atoms. The van der Waals surface area contributed by atoms with Crippen LogP contribution in [0.5, 0.6) is 0 Å². The maximum Gasteiger partial charge on any atom is 0.255 e. The second-order valence-electron chi connectivity index (χ2n) is 8.08. The molecule has 0 unspecified atom stereocenters. The summed E-state index contributed by atoms with van der Waals surface area (Å²) in [4.78, 5) is 17.7. The van der Waals surface area contributed by atoms with Gasteiger partial charge in [-0.3, -0.25) is 4.79 Å². The van der Waals surface area contributed by atoms with Crippen molar-refractivity contribution >= 4 is 39.9 Å². The quantitative estimate of drug-likeness (QED) is 0.375. The number of fused-ring (bicyclic) bond motifs is 1. The van der Waals surface area contributed by atoms with Gasteiger partial charge in [0.25, 0.3) is 5.91 Å². The van der Waals surface area contributed by atoms with Gasteiger partial charge >= 0.3 is 0 Å². The molecular formula is C23H27ClN6O2. The van der Waals surface area contributed by atoms with Crippen LogP contribution >= 0.6 is 11.6 Å². The third-order valence-corrected chi connectivity index (χ3v) is 6.24. The van der Waals surface area contributed by atoms with Gasteiger partial charge in [-0.05, 0) is 62.8 Å². The number of hydrogen-bond donors (Lipinski definition) is 3. The molecule has 0 aliphatic heterocycles. The Balaban J connectivity index is 1.61. The van der Waals surface area contributed by atoms with Gasteiger partial charge in [0.15, 0.2) is 5.65 Å². The lowest BCUT2D eigenvalue weighted by atomic mass is 9.93. The van der Waals surface area contributed by atoms with Crippen LogP contribution in [0.1, 0.15) is 54.1 Å². The van der Waals surface area contributed by atoms with Gasteiger partial charge in [0.1, 0.15) is 0 Å². The molecule has 2 aromatic heterocycles. The zero-order chi connectivity index (χ0) is 22.7. The number of carbonyl (C=O) groups is 1. The largest absolute Gasteiger partial charge is 0.411 e. The Bertz CT molecular complexity index is 1160. The van der Waals surface area contributed by atoms with E-state index < -0.39 is 0 Å². The average Bonchev–Trinajstić information content (AvgIpc) is 3.22. The monoisotopic (exact) mass is 454 g/mol. The van der Waals surface area contributed by atoms with Crippen LogP contribution in [0.3, 0.4) is 0 Å². The molecule has 8 nitrogen and oxygen atoms in total. The standard InChI is InChI=1S/C23H27ClN6O2/c1-3-30-22-19(13-27-30)21(28-17-6-8-18(29-32)9-7-17)20(12-25-22)23(31)26-11-15-4-5-16(24)10-14(15)2/h4-5,10,12-13,17,32H,3,6-9,11H2,1-2H3,(H,25,28)(H,26,31). The number of benzene rings is 1. The minimum Gasteiger partial charge on any atom is -0.411 e. The van der Waals surface area contributed by atoms with Crippen molar-refractivity contribution < 1.29 is 10.0 Å². The summed E-state index contributed by atoms with van der Waals surface area (Å²) in [6.45, 7) is 5.07. The van der Waals surface area contributed by atoms with Crippen LogP contribution < -0.4 is 10.6 Å². The van der Waals surface area contributed by atoms with Crippen LogP contribution in [0.15, 0.2) is 35.7 Å². The second kappa shape index (κ2) is 9.56. The maximum absolute atomic E-state index is 13.2. The molecule has 3 N–H and O–H groups in total. The third kappa shape index (κ3) is 4.55. The summed E-state index contributed by atoms with van der Waals surface area (Å²) in [5.74, 6) is -0.200. The van der Waals surface area contributed by atoms with Crippen LogP contribution in [0.25, 0.3) is 11.0 Å². The first-order chi connectivity index (χ1) is 15.5. The van der Waals surface area contributed by atoms with Gasteiger partial charge in [0.05, 0.1) is 28.5 Å². The average molecular weight is 455 g/mol. The van der Waals surface area contributed by atoms with Crippen molar-refractivity contribution in [1.82, 2.24) is 20.1 Å². The number of aryl methyl sites for hydroxylation is 2. The van der Waals surface area contributed by atoms with E-state index in [0.29, 0.717) is 23.7 Å². The summed E-state index contributed by atoms with van der Waals surface area (Å²) in [7, 11) is 0. The Labute approximate surface area is 191 Å². The van der Waals surface area contributed by atoms with E-state index in [-0.39, 0.29) is 11.9 Å². The van der Waals surface area contributed by atoms with Crippen molar-refractivity contribution in [3.05, 3.63) is 52.3 Å². The predicted molar refractivity (Wildman–Crippen MR) is 126 cm³/mol. The first-order valence-corrected chi connectivity index (χ1v) is 11.2. The molecule has 1 fully saturated rings. The molecule has 168 valence electrons. The minimum absolute atomic E-state index is 0.168. The highest BCUT2D eigenvalue weighted by Crippen LogP contribution is 2.29. The van der Waals surface area contributed by atoms with Crippen LogP contribution in [0.4, 0.5) is 5.69 Å². The fourth-order valence-corrected chi connectivity index (χ4v) is 4.34. The fraction of sp³-hybridized carbons (Fsp3) is 0.391. The highest BCUT2D eigenvalue weighted by Gasteiger charge is 2.23. The zero-order valence-electron chi connectivity index (χ0n) is 18.2. The Hall–Kier alpha value is -3.13. The molecule has 3 aromatic rings. The van der Waals surface area contributed by atoms with Crippen LogP contribution in [0.2, 0.25) is 5.02 Å². The highest BCUT2D eigenvalue weighted by atomic mass is 35.5. The van der Waals surface area contributed by atoms with Gasteiger partial charge in [0, 0.05) is 30.4 Å². The van der Waals surface area contributed by atoms with E-state index in [1.807, 2.05) is 36.7 Å². The van der Waals surface area contributed by atoms with Gasteiger partial charge in [-0.2, -0.15) is 5.10 Å². The minimum atomic E-state index is -0.200. The number of pyridine rings is 1. The van der Waals surface area contributed by atoms with Crippen molar-refractivity contribution in [3.63, 3.8) is 0 Å². The Morgan fingerprint density at radius 1 is 1.31 bits per heavy atom. The number of oxime groups is 1. The number of nitrogens with zero attached hydrogens (tertiary/aromatic N) is 4. The molecule has 0 bridgehead atoms. The lowest BCUT2D eigenvalue weighted by molar-refractivity contribution is 0.0951. The van der Waals surface area contributed by atoms with Crippen molar-refractivity contribution in [2.75, 3.05) is 5.32 Å². The Morgan fingerprint density at radius 3 is 2.78 bits per heavy atom. The van der Waals surface area contributed by atoms with E-state index in [1.165, 1.54) is 0 Å². The SMILES string of the molecule is CCn1ncc2c(NC3CCC(=NO)CC3)c(C(=O)NCc3ccc(Cl)cc3C)cnc21. The summed E-state index contributed by atoms with van der Waals surface area (Å²) in [5.41, 5.74) is 4.83. The number of anilines is 1. The summed E-state index contributed by atoms with van der Waals surface area (Å²) in [5, 5.41) is 24.9. The van der Waals surface area contributed by atoms with Crippen molar-refractivity contribution in [2.45, 2.75) is 58.7 Å². The highest BCUT2D eigenvalue weighted by molar-refractivity contribution is 6.30. The Kier molecular flexibility index (Phi) is 6.60. The topological polar surface area (TPSA) is 104 Å². The molecule has 0 atom stereocenters. The zero-order valence-corrected chi connectivity index (χ0v) is 19.0. The molecule has 1 aliphatic carbocycles. The van der Waals surface area contributed by atoms with E-state index in [1.54, 1.807) is 12.4 Å². The van der Waals surface area contributed by atoms with Crippen molar-refractivity contribution in [1.29, 1.82) is 0 Å².